The van der Waals surface area contributed by atoms with E-state index in [0.717, 1.165) is 18.6 Å². The van der Waals surface area contributed by atoms with E-state index in [9.17, 15) is 0 Å². The molecule has 0 saturated heterocycles. The molecule has 0 saturated carbocycles. The van der Waals surface area contributed by atoms with Gasteiger partial charge in [0.15, 0.2) is 0 Å². The Labute approximate surface area is 95.4 Å². The Hall–Kier alpha value is -1.76. The standard InChI is InChI=1S/C15H14O/c1-2-14-8-7-13-9-11-5-3-4-6-12(11)10-15(13)16-14/h2-6,9-10,14H,1,7-8H2. The van der Waals surface area contributed by atoms with E-state index in [1.807, 2.05) is 6.08 Å². The van der Waals surface area contributed by atoms with Crippen LogP contribution in [0, 0.1) is 0 Å². The second-order valence-corrected chi connectivity index (χ2v) is 4.24. The van der Waals surface area contributed by atoms with Crippen molar-refractivity contribution >= 4 is 10.8 Å². The van der Waals surface area contributed by atoms with Gasteiger partial charge in [0.25, 0.3) is 0 Å². The molecule has 80 valence electrons. The van der Waals surface area contributed by atoms with Crippen molar-refractivity contribution in [2.24, 2.45) is 0 Å². The molecule has 1 unspecified atom stereocenters. The predicted octanol–water partition coefficient (Wildman–Crippen LogP) is 3.72. The van der Waals surface area contributed by atoms with Crippen LogP contribution < -0.4 is 4.74 Å². The van der Waals surface area contributed by atoms with E-state index in [4.69, 9.17) is 4.74 Å². The SMILES string of the molecule is C=CC1CCc2cc3ccccc3cc2O1. The monoisotopic (exact) mass is 210 g/mol. The molecule has 0 bridgehead atoms. The molecule has 16 heavy (non-hydrogen) atoms. The smallest absolute Gasteiger partial charge is 0.124 e. The molecule has 0 spiro atoms. The first-order chi connectivity index (χ1) is 7.86. The molecular formula is C15H14O. The molecule has 2 aromatic carbocycles. The third-order valence-electron chi connectivity index (χ3n) is 3.17. The number of rotatable bonds is 1. The van der Waals surface area contributed by atoms with Crippen molar-refractivity contribution in [3.63, 3.8) is 0 Å². The Bertz CT molecular complexity index is 542. The molecule has 0 amide bonds. The first-order valence-corrected chi connectivity index (χ1v) is 5.68. The highest BCUT2D eigenvalue weighted by molar-refractivity contribution is 5.85. The zero-order valence-electron chi connectivity index (χ0n) is 9.15. The zero-order valence-corrected chi connectivity index (χ0v) is 9.15. The summed E-state index contributed by atoms with van der Waals surface area (Å²) < 4.78 is 5.87. The summed E-state index contributed by atoms with van der Waals surface area (Å²) in [6, 6.07) is 12.8. The van der Waals surface area contributed by atoms with Crippen molar-refractivity contribution in [3.8, 4) is 5.75 Å². The summed E-state index contributed by atoms with van der Waals surface area (Å²) in [5.74, 6) is 1.02. The van der Waals surface area contributed by atoms with Crippen LogP contribution in [0.15, 0.2) is 49.1 Å². The lowest BCUT2D eigenvalue weighted by molar-refractivity contribution is 0.219. The largest absolute Gasteiger partial charge is 0.486 e. The molecule has 1 atom stereocenters. The van der Waals surface area contributed by atoms with Gasteiger partial charge >= 0.3 is 0 Å². The van der Waals surface area contributed by atoms with Gasteiger partial charge < -0.3 is 4.74 Å². The normalized spacial score (nSPS) is 18.9. The van der Waals surface area contributed by atoms with Crippen LogP contribution in [-0.4, -0.2) is 6.10 Å². The van der Waals surface area contributed by atoms with Crippen LogP contribution in [0.3, 0.4) is 0 Å². The summed E-state index contributed by atoms with van der Waals surface area (Å²) >= 11 is 0. The number of aryl methyl sites for hydroxylation is 1. The lowest BCUT2D eigenvalue weighted by Gasteiger charge is -2.24. The van der Waals surface area contributed by atoms with E-state index in [1.54, 1.807) is 0 Å². The van der Waals surface area contributed by atoms with Crippen molar-refractivity contribution < 1.29 is 4.74 Å². The lowest BCUT2D eigenvalue weighted by Crippen LogP contribution is -2.19. The maximum absolute atomic E-state index is 5.87. The minimum atomic E-state index is 0.175. The maximum Gasteiger partial charge on any atom is 0.124 e. The quantitative estimate of drug-likeness (QED) is 0.652. The van der Waals surface area contributed by atoms with E-state index in [-0.39, 0.29) is 6.10 Å². The van der Waals surface area contributed by atoms with Crippen molar-refractivity contribution in [1.82, 2.24) is 0 Å². The van der Waals surface area contributed by atoms with Crippen molar-refractivity contribution in [3.05, 3.63) is 54.6 Å². The number of hydrogen-bond donors (Lipinski definition) is 0. The first kappa shape index (κ1) is 9.46. The molecule has 1 heteroatoms. The molecule has 2 aromatic rings. The topological polar surface area (TPSA) is 9.23 Å². The fourth-order valence-electron chi connectivity index (χ4n) is 2.26. The minimum Gasteiger partial charge on any atom is -0.486 e. The predicted molar refractivity (Wildman–Crippen MR) is 66.9 cm³/mol. The van der Waals surface area contributed by atoms with Crippen LogP contribution in [0.2, 0.25) is 0 Å². The van der Waals surface area contributed by atoms with Gasteiger partial charge in [-0.25, -0.2) is 0 Å². The Morgan fingerprint density at radius 2 is 1.94 bits per heavy atom. The molecule has 3 rings (SSSR count). The van der Waals surface area contributed by atoms with E-state index >= 15 is 0 Å². The molecular weight excluding hydrogens is 196 g/mol. The molecule has 0 N–H and O–H groups in total. The summed E-state index contributed by atoms with van der Waals surface area (Å²) in [4.78, 5) is 0. The van der Waals surface area contributed by atoms with Gasteiger partial charge in [-0.05, 0) is 41.3 Å². The summed E-state index contributed by atoms with van der Waals surface area (Å²) in [5.41, 5.74) is 1.32. The zero-order chi connectivity index (χ0) is 11.0. The summed E-state index contributed by atoms with van der Waals surface area (Å²) in [6.45, 7) is 3.79. The molecule has 1 heterocycles. The van der Waals surface area contributed by atoms with Gasteiger partial charge in [0.1, 0.15) is 11.9 Å². The second-order valence-electron chi connectivity index (χ2n) is 4.24. The third kappa shape index (κ3) is 1.49. The Balaban J connectivity index is 2.13. The van der Waals surface area contributed by atoms with E-state index in [1.165, 1.54) is 16.3 Å². The molecule has 1 aliphatic rings. The van der Waals surface area contributed by atoms with Crippen LogP contribution in [0.4, 0.5) is 0 Å². The number of hydrogen-bond acceptors (Lipinski definition) is 1. The number of benzene rings is 2. The average molecular weight is 210 g/mol. The van der Waals surface area contributed by atoms with Gasteiger partial charge in [-0.2, -0.15) is 0 Å². The van der Waals surface area contributed by atoms with Crippen LogP contribution >= 0.6 is 0 Å². The van der Waals surface area contributed by atoms with Gasteiger partial charge in [0.05, 0.1) is 0 Å². The van der Waals surface area contributed by atoms with E-state index in [2.05, 4.69) is 43.0 Å². The van der Waals surface area contributed by atoms with Crippen LogP contribution in [0.5, 0.6) is 5.75 Å². The molecule has 1 nitrogen and oxygen atoms in total. The van der Waals surface area contributed by atoms with Gasteiger partial charge in [-0.1, -0.05) is 36.9 Å². The van der Waals surface area contributed by atoms with Gasteiger partial charge in [-0.3, -0.25) is 0 Å². The molecule has 0 radical (unpaired) electrons. The van der Waals surface area contributed by atoms with Gasteiger partial charge in [-0.15, -0.1) is 0 Å². The van der Waals surface area contributed by atoms with Gasteiger partial charge in [0.2, 0.25) is 0 Å². The van der Waals surface area contributed by atoms with Crippen molar-refractivity contribution in [2.45, 2.75) is 18.9 Å². The van der Waals surface area contributed by atoms with E-state index < -0.39 is 0 Å². The fourth-order valence-corrected chi connectivity index (χ4v) is 2.26. The Kier molecular flexibility index (Phi) is 2.17. The lowest BCUT2D eigenvalue weighted by atomic mass is 9.98. The highest BCUT2D eigenvalue weighted by Gasteiger charge is 2.17. The third-order valence-corrected chi connectivity index (χ3v) is 3.17. The highest BCUT2D eigenvalue weighted by atomic mass is 16.5. The fraction of sp³-hybridized carbons (Fsp3) is 0.200. The van der Waals surface area contributed by atoms with E-state index in [0.29, 0.717) is 0 Å². The minimum absolute atomic E-state index is 0.175. The molecule has 0 aliphatic carbocycles. The number of ether oxygens (including phenoxy) is 1. The second kappa shape index (κ2) is 3.67. The molecule has 0 aromatic heterocycles. The first-order valence-electron chi connectivity index (χ1n) is 5.68. The summed E-state index contributed by atoms with van der Waals surface area (Å²) in [7, 11) is 0. The number of fused-ring (bicyclic) bond motifs is 2. The molecule has 1 aliphatic heterocycles. The maximum atomic E-state index is 5.87. The Morgan fingerprint density at radius 3 is 2.69 bits per heavy atom. The summed E-state index contributed by atoms with van der Waals surface area (Å²) in [5, 5.41) is 2.54. The average Bonchev–Trinajstić information content (AvgIpc) is 2.35. The van der Waals surface area contributed by atoms with Crippen LogP contribution in [-0.2, 0) is 6.42 Å². The van der Waals surface area contributed by atoms with Crippen molar-refractivity contribution in [2.75, 3.05) is 0 Å². The van der Waals surface area contributed by atoms with Crippen molar-refractivity contribution in [1.29, 1.82) is 0 Å². The summed E-state index contributed by atoms with van der Waals surface area (Å²) in [6.07, 6.45) is 4.18. The molecule has 0 fully saturated rings. The van der Waals surface area contributed by atoms with Gasteiger partial charge in [0, 0.05) is 0 Å². The van der Waals surface area contributed by atoms with Crippen LogP contribution in [0.25, 0.3) is 10.8 Å². The van der Waals surface area contributed by atoms with Crippen LogP contribution in [0.1, 0.15) is 12.0 Å². The highest BCUT2D eigenvalue weighted by Crippen LogP contribution is 2.32. The Morgan fingerprint density at radius 1 is 1.19 bits per heavy atom.